The van der Waals surface area contributed by atoms with Gasteiger partial charge in [-0.25, -0.2) is 4.79 Å². The van der Waals surface area contributed by atoms with Crippen molar-refractivity contribution in [3.8, 4) is 0 Å². The molecule has 1 unspecified atom stereocenters. The van der Waals surface area contributed by atoms with Gasteiger partial charge in [0.15, 0.2) is 0 Å². The van der Waals surface area contributed by atoms with Crippen LogP contribution in [0.4, 0.5) is 0 Å². The van der Waals surface area contributed by atoms with Gasteiger partial charge < -0.3 is 10.3 Å². The fourth-order valence-corrected chi connectivity index (χ4v) is 3.75. The van der Waals surface area contributed by atoms with Crippen LogP contribution in [-0.4, -0.2) is 31.7 Å². The van der Waals surface area contributed by atoms with Gasteiger partial charge in [0, 0.05) is 42.0 Å². The number of amides is 1. The first-order chi connectivity index (χ1) is 12.3. The van der Waals surface area contributed by atoms with Crippen LogP contribution in [0.1, 0.15) is 60.9 Å². The average molecular weight is 357 g/mol. The summed E-state index contributed by atoms with van der Waals surface area (Å²) >= 11 is 0. The third-order valence-corrected chi connectivity index (χ3v) is 5.10. The summed E-state index contributed by atoms with van der Waals surface area (Å²) in [6.45, 7) is 7.90. The van der Waals surface area contributed by atoms with Crippen LogP contribution in [0.2, 0.25) is 0 Å². The Morgan fingerprint density at radius 1 is 1.42 bits per heavy atom. The average Bonchev–Trinajstić information content (AvgIpc) is 2.97. The number of carbonyl (C=O) groups excluding carboxylic acids is 1. The van der Waals surface area contributed by atoms with Crippen LogP contribution in [-0.2, 0) is 24.1 Å². The number of nitrogens with zero attached hydrogens (tertiary/aromatic N) is 3. The van der Waals surface area contributed by atoms with Crippen molar-refractivity contribution in [2.24, 2.45) is 0 Å². The Morgan fingerprint density at radius 3 is 2.88 bits per heavy atom. The fourth-order valence-electron chi connectivity index (χ4n) is 3.75. The van der Waals surface area contributed by atoms with E-state index in [1.54, 1.807) is 0 Å². The van der Waals surface area contributed by atoms with Crippen molar-refractivity contribution >= 4 is 5.91 Å². The topological polar surface area (TPSA) is 92.7 Å². The van der Waals surface area contributed by atoms with Gasteiger partial charge in [-0.05, 0) is 58.1 Å². The van der Waals surface area contributed by atoms with E-state index in [1.165, 1.54) is 11.3 Å². The molecule has 7 heteroatoms. The molecular formula is C19H27N5O2. The van der Waals surface area contributed by atoms with E-state index < -0.39 is 0 Å². The number of hydrogen-bond acceptors (Lipinski definition) is 4. The first-order valence-corrected chi connectivity index (χ1v) is 9.26. The first kappa shape index (κ1) is 18.4. The number of carbonyl (C=O) groups is 1. The molecule has 1 amide bonds. The minimum absolute atomic E-state index is 0.0408. The van der Waals surface area contributed by atoms with Gasteiger partial charge in [-0.3, -0.25) is 9.48 Å². The minimum atomic E-state index is -0.340. The third-order valence-electron chi connectivity index (χ3n) is 5.10. The molecule has 0 saturated carbocycles. The van der Waals surface area contributed by atoms with E-state index in [0.717, 1.165) is 30.5 Å². The molecule has 2 aromatic rings. The first-order valence-electron chi connectivity index (χ1n) is 9.26. The Kier molecular flexibility index (Phi) is 5.25. The van der Waals surface area contributed by atoms with Gasteiger partial charge in [0.1, 0.15) is 0 Å². The largest absolute Gasteiger partial charge is 0.353 e. The number of aromatic amines is 1. The summed E-state index contributed by atoms with van der Waals surface area (Å²) in [5.74, 6) is 0.0408. The van der Waals surface area contributed by atoms with Gasteiger partial charge in [0.25, 0.3) is 0 Å². The van der Waals surface area contributed by atoms with Gasteiger partial charge in [-0.1, -0.05) is 0 Å². The highest BCUT2D eigenvalue weighted by Gasteiger charge is 2.24. The SMILES string of the molecule is Cc1nc(=O)[nH]c(C)c1CCC(=O)NC1CCc2cnn(C(C)C)c2C1. The van der Waals surface area contributed by atoms with Crippen molar-refractivity contribution < 1.29 is 4.79 Å². The summed E-state index contributed by atoms with van der Waals surface area (Å²) in [6, 6.07) is 0.479. The zero-order valence-corrected chi connectivity index (χ0v) is 15.9. The maximum Gasteiger partial charge on any atom is 0.345 e. The molecule has 1 aliphatic rings. The molecule has 0 aliphatic heterocycles. The van der Waals surface area contributed by atoms with E-state index in [4.69, 9.17) is 0 Å². The summed E-state index contributed by atoms with van der Waals surface area (Å²) in [7, 11) is 0. The highest BCUT2D eigenvalue weighted by atomic mass is 16.1. The number of H-pyrrole nitrogens is 1. The summed E-state index contributed by atoms with van der Waals surface area (Å²) in [5.41, 5.74) is 4.64. The molecule has 2 heterocycles. The van der Waals surface area contributed by atoms with E-state index >= 15 is 0 Å². The maximum atomic E-state index is 12.4. The Bertz CT molecular complexity index is 839. The van der Waals surface area contributed by atoms with Crippen LogP contribution >= 0.6 is 0 Å². The predicted octanol–water partition coefficient (Wildman–Crippen LogP) is 1.77. The second kappa shape index (κ2) is 7.43. The van der Waals surface area contributed by atoms with E-state index in [1.807, 2.05) is 20.0 Å². The standard InChI is InChI=1S/C19H27N5O2/c1-11(2)24-17-9-15(6-5-14(17)10-20-24)23-18(25)8-7-16-12(3)21-19(26)22-13(16)4/h10-11,15H,5-9H2,1-4H3,(H,23,25)(H,21,22,26). The molecule has 140 valence electrons. The van der Waals surface area contributed by atoms with Crippen LogP contribution in [0.5, 0.6) is 0 Å². The molecule has 0 saturated heterocycles. The molecule has 1 atom stereocenters. The number of aromatic nitrogens is 4. The summed E-state index contributed by atoms with van der Waals surface area (Å²) in [5, 5.41) is 7.65. The number of hydrogen-bond donors (Lipinski definition) is 2. The molecule has 0 fully saturated rings. The zero-order valence-electron chi connectivity index (χ0n) is 15.9. The van der Waals surface area contributed by atoms with Crippen molar-refractivity contribution in [2.75, 3.05) is 0 Å². The van der Waals surface area contributed by atoms with Crippen LogP contribution in [0.3, 0.4) is 0 Å². The lowest BCUT2D eigenvalue weighted by molar-refractivity contribution is -0.121. The molecule has 2 aromatic heterocycles. The molecular weight excluding hydrogens is 330 g/mol. The van der Waals surface area contributed by atoms with Gasteiger partial charge in [0.05, 0.1) is 6.20 Å². The van der Waals surface area contributed by atoms with Gasteiger partial charge in [-0.2, -0.15) is 10.1 Å². The Hall–Kier alpha value is -2.44. The minimum Gasteiger partial charge on any atom is -0.353 e. The van der Waals surface area contributed by atoms with Crippen molar-refractivity contribution in [3.63, 3.8) is 0 Å². The number of nitrogens with one attached hydrogen (secondary N) is 2. The summed E-state index contributed by atoms with van der Waals surface area (Å²) in [6.07, 6.45) is 5.66. The Labute approximate surface area is 153 Å². The Balaban J connectivity index is 1.59. The lowest BCUT2D eigenvalue weighted by atomic mass is 9.93. The van der Waals surface area contributed by atoms with E-state index in [0.29, 0.717) is 24.6 Å². The monoisotopic (exact) mass is 357 g/mol. The second-order valence-electron chi connectivity index (χ2n) is 7.39. The number of rotatable bonds is 5. The summed E-state index contributed by atoms with van der Waals surface area (Å²) in [4.78, 5) is 30.4. The quantitative estimate of drug-likeness (QED) is 0.853. The molecule has 2 N–H and O–H groups in total. The van der Waals surface area contributed by atoms with E-state index in [-0.39, 0.29) is 17.6 Å². The molecule has 26 heavy (non-hydrogen) atoms. The maximum absolute atomic E-state index is 12.4. The molecule has 3 rings (SSSR count). The lowest BCUT2D eigenvalue weighted by Crippen LogP contribution is -2.39. The van der Waals surface area contributed by atoms with Crippen molar-refractivity contribution in [1.82, 2.24) is 25.1 Å². The van der Waals surface area contributed by atoms with Crippen molar-refractivity contribution in [3.05, 3.63) is 44.9 Å². The highest BCUT2D eigenvalue weighted by molar-refractivity contribution is 5.76. The Morgan fingerprint density at radius 2 is 2.19 bits per heavy atom. The van der Waals surface area contributed by atoms with Gasteiger partial charge in [0.2, 0.25) is 5.91 Å². The van der Waals surface area contributed by atoms with Crippen LogP contribution < -0.4 is 11.0 Å². The fraction of sp³-hybridized carbons (Fsp3) is 0.579. The zero-order chi connectivity index (χ0) is 18.8. The molecule has 0 radical (unpaired) electrons. The smallest absolute Gasteiger partial charge is 0.345 e. The van der Waals surface area contributed by atoms with Crippen LogP contribution in [0, 0.1) is 13.8 Å². The highest BCUT2D eigenvalue weighted by Crippen LogP contribution is 2.23. The normalized spacial score (nSPS) is 16.6. The van der Waals surface area contributed by atoms with Crippen LogP contribution in [0.25, 0.3) is 0 Å². The third kappa shape index (κ3) is 3.86. The number of fused-ring (bicyclic) bond motifs is 1. The van der Waals surface area contributed by atoms with Crippen molar-refractivity contribution in [1.29, 1.82) is 0 Å². The molecule has 0 spiro atoms. The van der Waals surface area contributed by atoms with Gasteiger partial charge in [-0.15, -0.1) is 0 Å². The van der Waals surface area contributed by atoms with E-state index in [9.17, 15) is 9.59 Å². The van der Waals surface area contributed by atoms with Gasteiger partial charge >= 0.3 is 5.69 Å². The predicted molar refractivity (Wildman–Crippen MR) is 99.2 cm³/mol. The lowest BCUT2D eigenvalue weighted by Gasteiger charge is -2.25. The molecule has 1 aliphatic carbocycles. The van der Waals surface area contributed by atoms with Crippen molar-refractivity contribution in [2.45, 2.75) is 71.9 Å². The van der Waals surface area contributed by atoms with E-state index in [2.05, 4.69) is 38.9 Å². The molecule has 0 bridgehead atoms. The van der Waals surface area contributed by atoms with Crippen LogP contribution in [0.15, 0.2) is 11.0 Å². The molecule has 0 aromatic carbocycles. The number of aryl methyl sites for hydroxylation is 3. The summed E-state index contributed by atoms with van der Waals surface area (Å²) < 4.78 is 2.06. The molecule has 7 nitrogen and oxygen atoms in total. The second-order valence-corrected chi connectivity index (χ2v) is 7.39.